The number of ether oxygens (including phenoxy) is 2. The molecule has 128 valence electrons. The molecule has 0 aliphatic rings. The van der Waals surface area contributed by atoms with Crippen LogP contribution in [0.2, 0.25) is 0 Å². The van der Waals surface area contributed by atoms with Crippen LogP contribution in [0.3, 0.4) is 0 Å². The Morgan fingerprint density at radius 3 is 2.42 bits per heavy atom. The Labute approximate surface area is 143 Å². The maximum Gasteiger partial charge on any atom is 0.220 e. The summed E-state index contributed by atoms with van der Waals surface area (Å²) in [6.45, 7) is 4.01. The quantitative estimate of drug-likeness (QED) is 0.841. The van der Waals surface area contributed by atoms with E-state index in [1.54, 1.807) is 14.2 Å². The zero-order valence-electron chi connectivity index (χ0n) is 14.8. The number of carbonyl (C=O) groups excluding carboxylic acids is 1. The number of hydrogen-bond donors (Lipinski definition) is 1. The van der Waals surface area contributed by atoms with Crippen LogP contribution < -0.4 is 14.8 Å². The van der Waals surface area contributed by atoms with Crippen molar-refractivity contribution < 1.29 is 14.3 Å². The van der Waals surface area contributed by atoms with Gasteiger partial charge in [0, 0.05) is 18.1 Å². The van der Waals surface area contributed by atoms with Gasteiger partial charge in [-0.25, -0.2) is 0 Å². The number of aryl methyl sites for hydroxylation is 2. The van der Waals surface area contributed by atoms with Crippen LogP contribution in [-0.2, 0) is 11.2 Å². The van der Waals surface area contributed by atoms with E-state index in [0.717, 1.165) is 17.7 Å². The first-order valence-electron chi connectivity index (χ1n) is 8.10. The summed E-state index contributed by atoms with van der Waals surface area (Å²) in [5.41, 5.74) is 3.33. The summed E-state index contributed by atoms with van der Waals surface area (Å²) in [7, 11) is 3.23. The van der Waals surface area contributed by atoms with Gasteiger partial charge >= 0.3 is 0 Å². The van der Waals surface area contributed by atoms with Gasteiger partial charge in [0.15, 0.2) is 0 Å². The number of rotatable bonds is 7. The fourth-order valence-electron chi connectivity index (χ4n) is 2.58. The molecule has 0 aliphatic carbocycles. The van der Waals surface area contributed by atoms with Gasteiger partial charge in [0.1, 0.15) is 11.5 Å². The smallest absolute Gasteiger partial charge is 0.220 e. The summed E-state index contributed by atoms with van der Waals surface area (Å²) in [6, 6.07) is 13.8. The number of carbonyl (C=O) groups is 1. The Hall–Kier alpha value is -2.49. The van der Waals surface area contributed by atoms with Crippen LogP contribution in [0.25, 0.3) is 0 Å². The van der Waals surface area contributed by atoms with Crippen LogP contribution in [0.4, 0.5) is 0 Å². The molecule has 1 N–H and O–H groups in total. The summed E-state index contributed by atoms with van der Waals surface area (Å²) in [4.78, 5) is 12.2. The summed E-state index contributed by atoms with van der Waals surface area (Å²) < 4.78 is 10.6. The highest BCUT2D eigenvalue weighted by atomic mass is 16.5. The Morgan fingerprint density at radius 2 is 1.79 bits per heavy atom. The lowest BCUT2D eigenvalue weighted by molar-refractivity contribution is -0.121. The molecule has 0 aliphatic heterocycles. The molecule has 0 saturated heterocycles. The minimum absolute atomic E-state index is 0.0287. The lowest BCUT2D eigenvalue weighted by Gasteiger charge is -2.18. The van der Waals surface area contributed by atoms with Gasteiger partial charge in [-0.05, 0) is 38.0 Å². The number of amides is 1. The van der Waals surface area contributed by atoms with Crippen LogP contribution in [0, 0.1) is 6.92 Å². The zero-order chi connectivity index (χ0) is 17.5. The van der Waals surface area contributed by atoms with Crippen molar-refractivity contribution in [3.05, 3.63) is 59.2 Å². The van der Waals surface area contributed by atoms with Crippen molar-refractivity contribution in [2.45, 2.75) is 32.7 Å². The number of benzene rings is 2. The fourth-order valence-corrected chi connectivity index (χ4v) is 2.58. The molecule has 4 nitrogen and oxygen atoms in total. The van der Waals surface area contributed by atoms with Crippen LogP contribution in [0.5, 0.6) is 11.5 Å². The molecule has 0 radical (unpaired) electrons. The van der Waals surface area contributed by atoms with Gasteiger partial charge in [-0.3, -0.25) is 4.79 Å². The highest BCUT2D eigenvalue weighted by Gasteiger charge is 2.15. The van der Waals surface area contributed by atoms with Crippen molar-refractivity contribution in [2.24, 2.45) is 0 Å². The molecule has 2 aromatic carbocycles. The van der Waals surface area contributed by atoms with E-state index in [1.165, 1.54) is 11.1 Å². The standard InChI is InChI=1S/C20H25NO3/c1-14-5-7-16(8-6-14)9-12-20(22)21-15(2)18-11-10-17(23-3)13-19(18)24-4/h5-8,10-11,13,15H,9,12H2,1-4H3,(H,21,22)/t15-/m1/s1. The molecule has 1 atom stereocenters. The normalized spacial score (nSPS) is 11.7. The highest BCUT2D eigenvalue weighted by Crippen LogP contribution is 2.29. The third kappa shape index (κ3) is 4.75. The van der Waals surface area contributed by atoms with Gasteiger partial charge in [-0.2, -0.15) is 0 Å². The molecule has 0 aromatic heterocycles. The largest absolute Gasteiger partial charge is 0.497 e. The molecule has 2 rings (SSSR count). The summed E-state index contributed by atoms with van der Waals surface area (Å²) in [5.74, 6) is 1.47. The zero-order valence-corrected chi connectivity index (χ0v) is 14.8. The van der Waals surface area contributed by atoms with Crippen molar-refractivity contribution >= 4 is 5.91 Å². The summed E-state index contributed by atoms with van der Waals surface area (Å²) >= 11 is 0. The molecular formula is C20H25NO3. The van der Waals surface area contributed by atoms with Gasteiger partial charge in [0.05, 0.1) is 20.3 Å². The first kappa shape index (κ1) is 17.9. The van der Waals surface area contributed by atoms with E-state index in [2.05, 4.69) is 36.5 Å². The molecule has 4 heteroatoms. The third-order valence-electron chi connectivity index (χ3n) is 4.05. The van der Waals surface area contributed by atoms with Crippen LogP contribution >= 0.6 is 0 Å². The van der Waals surface area contributed by atoms with Crippen LogP contribution in [0.15, 0.2) is 42.5 Å². The third-order valence-corrected chi connectivity index (χ3v) is 4.05. The minimum atomic E-state index is -0.128. The maximum absolute atomic E-state index is 12.2. The lowest BCUT2D eigenvalue weighted by Crippen LogP contribution is -2.27. The van der Waals surface area contributed by atoms with Crippen molar-refractivity contribution in [3.63, 3.8) is 0 Å². The molecule has 0 heterocycles. The van der Waals surface area contributed by atoms with E-state index in [0.29, 0.717) is 12.2 Å². The Kier molecular flexibility index (Phi) is 6.24. The first-order valence-corrected chi connectivity index (χ1v) is 8.10. The molecule has 0 spiro atoms. The predicted molar refractivity (Wildman–Crippen MR) is 95.6 cm³/mol. The van der Waals surface area contributed by atoms with Crippen molar-refractivity contribution in [1.82, 2.24) is 5.32 Å². The Bertz CT molecular complexity index is 680. The molecule has 0 unspecified atom stereocenters. The monoisotopic (exact) mass is 327 g/mol. The lowest BCUT2D eigenvalue weighted by atomic mass is 10.1. The average Bonchev–Trinajstić information content (AvgIpc) is 2.60. The second-order valence-corrected chi connectivity index (χ2v) is 5.88. The molecule has 1 amide bonds. The van der Waals surface area contributed by atoms with Crippen molar-refractivity contribution in [1.29, 1.82) is 0 Å². The Balaban J connectivity index is 1.94. The molecule has 0 bridgehead atoms. The second kappa shape index (κ2) is 8.39. The number of hydrogen-bond acceptors (Lipinski definition) is 3. The van der Waals surface area contributed by atoms with Gasteiger partial charge in [-0.15, -0.1) is 0 Å². The minimum Gasteiger partial charge on any atom is -0.497 e. The van der Waals surface area contributed by atoms with Crippen LogP contribution in [-0.4, -0.2) is 20.1 Å². The summed E-state index contributed by atoms with van der Waals surface area (Å²) in [6.07, 6.45) is 1.20. The van der Waals surface area contributed by atoms with Gasteiger partial charge in [-0.1, -0.05) is 29.8 Å². The highest BCUT2D eigenvalue weighted by molar-refractivity contribution is 5.76. The molecular weight excluding hydrogens is 302 g/mol. The van der Waals surface area contributed by atoms with E-state index in [9.17, 15) is 4.79 Å². The van der Waals surface area contributed by atoms with Crippen LogP contribution in [0.1, 0.15) is 36.1 Å². The second-order valence-electron chi connectivity index (χ2n) is 5.88. The van der Waals surface area contributed by atoms with Crippen molar-refractivity contribution in [3.8, 4) is 11.5 Å². The summed E-state index contributed by atoms with van der Waals surface area (Å²) in [5, 5.41) is 3.03. The molecule has 0 saturated carbocycles. The molecule has 2 aromatic rings. The number of methoxy groups -OCH3 is 2. The average molecular weight is 327 g/mol. The van der Waals surface area contributed by atoms with Crippen molar-refractivity contribution in [2.75, 3.05) is 14.2 Å². The van der Waals surface area contributed by atoms with E-state index in [4.69, 9.17) is 9.47 Å². The van der Waals surface area contributed by atoms with Gasteiger partial charge < -0.3 is 14.8 Å². The fraction of sp³-hybridized carbons (Fsp3) is 0.350. The van der Waals surface area contributed by atoms with E-state index >= 15 is 0 Å². The topological polar surface area (TPSA) is 47.6 Å². The van der Waals surface area contributed by atoms with Gasteiger partial charge in [0.25, 0.3) is 0 Å². The first-order chi connectivity index (χ1) is 11.5. The SMILES string of the molecule is COc1ccc([C@@H](C)NC(=O)CCc2ccc(C)cc2)c(OC)c1. The molecule has 0 fully saturated rings. The van der Waals surface area contributed by atoms with E-state index in [1.807, 2.05) is 25.1 Å². The number of nitrogens with one attached hydrogen (secondary N) is 1. The maximum atomic E-state index is 12.2. The molecule has 24 heavy (non-hydrogen) atoms. The van der Waals surface area contributed by atoms with Gasteiger partial charge in [0.2, 0.25) is 5.91 Å². The predicted octanol–water partition coefficient (Wildman–Crippen LogP) is 3.82. The van der Waals surface area contributed by atoms with E-state index < -0.39 is 0 Å². The Morgan fingerprint density at radius 1 is 1.08 bits per heavy atom. The van der Waals surface area contributed by atoms with E-state index in [-0.39, 0.29) is 11.9 Å².